The Balaban J connectivity index is 1.64. The van der Waals surface area contributed by atoms with E-state index >= 15 is 0 Å². The predicted molar refractivity (Wildman–Crippen MR) is 63.0 cm³/mol. The van der Waals surface area contributed by atoms with E-state index < -0.39 is 0 Å². The van der Waals surface area contributed by atoms with Gasteiger partial charge < -0.3 is 10.1 Å². The minimum absolute atomic E-state index is 0.504. The molecule has 0 spiro atoms. The highest BCUT2D eigenvalue weighted by Gasteiger charge is 2.26. The minimum atomic E-state index is 0.504. The lowest BCUT2D eigenvalue weighted by molar-refractivity contribution is 0.0403. The van der Waals surface area contributed by atoms with Crippen molar-refractivity contribution >= 4 is 0 Å². The quantitative estimate of drug-likeness (QED) is 0.729. The van der Waals surface area contributed by atoms with Crippen molar-refractivity contribution in [1.82, 2.24) is 5.32 Å². The first kappa shape index (κ1) is 11.4. The first-order chi connectivity index (χ1) is 7.28. The van der Waals surface area contributed by atoms with E-state index in [2.05, 4.69) is 19.2 Å². The Kier molecular flexibility index (Phi) is 4.04. The maximum atomic E-state index is 5.89. The molecule has 0 aromatic heterocycles. The standard InChI is InChI=1S/C13H25NO/c1-3-11(9-14-12-5-6-12)8-13-7-4-10(2)15-13/h10-14H,3-9H2,1-2H3. The van der Waals surface area contributed by atoms with E-state index in [-0.39, 0.29) is 0 Å². The number of rotatable bonds is 6. The van der Waals surface area contributed by atoms with Gasteiger partial charge in [-0.2, -0.15) is 0 Å². The van der Waals surface area contributed by atoms with Crippen LogP contribution in [-0.2, 0) is 4.74 Å². The zero-order chi connectivity index (χ0) is 10.7. The number of ether oxygens (including phenoxy) is 1. The molecule has 15 heavy (non-hydrogen) atoms. The van der Waals surface area contributed by atoms with Gasteiger partial charge in [0, 0.05) is 6.04 Å². The van der Waals surface area contributed by atoms with Crippen molar-refractivity contribution in [3.8, 4) is 0 Å². The Morgan fingerprint density at radius 3 is 2.60 bits per heavy atom. The van der Waals surface area contributed by atoms with Gasteiger partial charge in [-0.1, -0.05) is 13.3 Å². The Bertz CT molecular complexity index is 191. The minimum Gasteiger partial charge on any atom is -0.375 e. The fraction of sp³-hybridized carbons (Fsp3) is 1.00. The first-order valence-corrected chi connectivity index (χ1v) is 6.66. The fourth-order valence-electron chi connectivity index (χ4n) is 2.45. The van der Waals surface area contributed by atoms with Crippen molar-refractivity contribution in [3.63, 3.8) is 0 Å². The molecular weight excluding hydrogens is 186 g/mol. The van der Waals surface area contributed by atoms with Crippen LogP contribution in [0.15, 0.2) is 0 Å². The molecule has 0 radical (unpaired) electrons. The summed E-state index contributed by atoms with van der Waals surface area (Å²) in [7, 11) is 0. The van der Waals surface area contributed by atoms with Crippen molar-refractivity contribution in [1.29, 1.82) is 0 Å². The number of nitrogens with one attached hydrogen (secondary N) is 1. The van der Waals surface area contributed by atoms with Gasteiger partial charge in [0.05, 0.1) is 12.2 Å². The zero-order valence-corrected chi connectivity index (χ0v) is 10.2. The van der Waals surface area contributed by atoms with Crippen molar-refractivity contribution in [2.24, 2.45) is 5.92 Å². The highest BCUT2D eigenvalue weighted by Crippen LogP contribution is 2.26. The van der Waals surface area contributed by atoms with Crippen LogP contribution in [0.5, 0.6) is 0 Å². The monoisotopic (exact) mass is 211 g/mol. The molecule has 1 N–H and O–H groups in total. The van der Waals surface area contributed by atoms with Crippen LogP contribution >= 0.6 is 0 Å². The normalized spacial score (nSPS) is 33.2. The molecule has 2 fully saturated rings. The van der Waals surface area contributed by atoms with Crippen LogP contribution in [0.25, 0.3) is 0 Å². The molecule has 1 heterocycles. The van der Waals surface area contributed by atoms with E-state index in [9.17, 15) is 0 Å². The topological polar surface area (TPSA) is 21.3 Å². The van der Waals surface area contributed by atoms with Gasteiger partial charge in [0.25, 0.3) is 0 Å². The summed E-state index contributed by atoms with van der Waals surface area (Å²) in [6.45, 7) is 5.70. The Morgan fingerprint density at radius 2 is 2.07 bits per heavy atom. The molecule has 2 heteroatoms. The summed E-state index contributed by atoms with van der Waals surface area (Å²) in [6.07, 6.45) is 8.93. The second-order valence-electron chi connectivity index (χ2n) is 5.34. The molecule has 3 atom stereocenters. The Morgan fingerprint density at radius 1 is 1.27 bits per heavy atom. The Labute approximate surface area is 93.8 Å². The summed E-state index contributed by atoms with van der Waals surface area (Å²) in [6, 6.07) is 0.850. The molecule has 0 amide bonds. The maximum absolute atomic E-state index is 5.89. The van der Waals surface area contributed by atoms with Gasteiger partial charge in [-0.25, -0.2) is 0 Å². The van der Waals surface area contributed by atoms with Gasteiger partial charge in [0.2, 0.25) is 0 Å². The molecule has 0 aromatic rings. The average molecular weight is 211 g/mol. The summed E-state index contributed by atoms with van der Waals surface area (Å²) in [5, 5.41) is 3.64. The van der Waals surface area contributed by atoms with Crippen LogP contribution in [0.1, 0.15) is 52.4 Å². The third-order valence-corrected chi connectivity index (χ3v) is 3.77. The van der Waals surface area contributed by atoms with Crippen LogP contribution in [0.2, 0.25) is 0 Å². The molecule has 2 nitrogen and oxygen atoms in total. The number of hydrogen-bond acceptors (Lipinski definition) is 2. The van der Waals surface area contributed by atoms with E-state index in [1.807, 2.05) is 0 Å². The number of hydrogen-bond donors (Lipinski definition) is 1. The molecular formula is C13H25NO. The van der Waals surface area contributed by atoms with E-state index in [0.717, 1.165) is 12.0 Å². The lowest BCUT2D eigenvalue weighted by Gasteiger charge is -2.19. The van der Waals surface area contributed by atoms with Crippen LogP contribution in [0.4, 0.5) is 0 Å². The molecule has 3 unspecified atom stereocenters. The SMILES string of the molecule is CCC(CNC1CC1)CC1CCC(C)O1. The summed E-state index contributed by atoms with van der Waals surface area (Å²) in [5.41, 5.74) is 0. The summed E-state index contributed by atoms with van der Waals surface area (Å²) in [5.74, 6) is 0.820. The largest absolute Gasteiger partial charge is 0.375 e. The second-order valence-corrected chi connectivity index (χ2v) is 5.34. The predicted octanol–water partition coefficient (Wildman–Crippen LogP) is 2.72. The van der Waals surface area contributed by atoms with Crippen molar-refractivity contribution in [3.05, 3.63) is 0 Å². The molecule has 0 aromatic carbocycles. The molecule has 1 aliphatic heterocycles. The smallest absolute Gasteiger partial charge is 0.0582 e. The maximum Gasteiger partial charge on any atom is 0.0582 e. The lowest BCUT2D eigenvalue weighted by Crippen LogP contribution is -2.27. The second kappa shape index (κ2) is 5.31. The van der Waals surface area contributed by atoms with Crippen LogP contribution in [0.3, 0.4) is 0 Å². The molecule has 1 aliphatic carbocycles. The van der Waals surface area contributed by atoms with Gasteiger partial charge in [-0.05, 0) is 51.5 Å². The van der Waals surface area contributed by atoms with Gasteiger partial charge in [0.15, 0.2) is 0 Å². The van der Waals surface area contributed by atoms with E-state index in [4.69, 9.17) is 4.74 Å². The van der Waals surface area contributed by atoms with Crippen molar-refractivity contribution < 1.29 is 4.74 Å². The third kappa shape index (κ3) is 3.76. The van der Waals surface area contributed by atoms with E-state index in [1.165, 1.54) is 45.1 Å². The molecule has 1 saturated heterocycles. The fourth-order valence-corrected chi connectivity index (χ4v) is 2.45. The van der Waals surface area contributed by atoms with Gasteiger partial charge in [-0.3, -0.25) is 0 Å². The summed E-state index contributed by atoms with van der Waals surface area (Å²) < 4.78 is 5.89. The van der Waals surface area contributed by atoms with Crippen LogP contribution in [-0.4, -0.2) is 24.8 Å². The van der Waals surface area contributed by atoms with Gasteiger partial charge >= 0.3 is 0 Å². The first-order valence-electron chi connectivity index (χ1n) is 6.66. The van der Waals surface area contributed by atoms with Gasteiger partial charge in [0.1, 0.15) is 0 Å². The van der Waals surface area contributed by atoms with Crippen molar-refractivity contribution in [2.45, 2.75) is 70.6 Å². The molecule has 2 aliphatic rings. The Hall–Kier alpha value is -0.0800. The summed E-state index contributed by atoms with van der Waals surface area (Å²) >= 11 is 0. The molecule has 0 bridgehead atoms. The highest BCUT2D eigenvalue weighted by atomic mass is 16.5. The molecule has 2 rings (SSSR count). The summed E-state index contributed by atoms with van der Waals surface area (Å²) in [4.78, 5) is 0. The highest BCUT2D eigenvalue weighted by molar-refractivity contribution is 4.82. The molecule has 88 valence electrons. The third-order valence-electron chi connectivity index (χ3n) is 3.77. The van der Waals surface area contributed by atoms with Crippen molar-refractivity contribution in [2.75, 3.05) is 6.54 Å². The average Bonchev–Trinajstić information content (AvgIpc) is 2.97. The molecule has 1 saturated carbocycles. The van der Waals surface area contributed by atoms with E-state index in [0.29, 0.717) is 12.2 Å². The zero-order valence-electron chi connectivity index (χ0n) is 10.2. The van der Waals surface area contributed by atoms with Crippen LogP contribution in [0, 0.1) is 5.92 Å². The lowest BCUT2D eigenvalue weighted by atomic mass is 9.97. The van der Waals surface area contributed by atoms with Crippen LogP contribution < -0.4 is 5.32 Å². The van der Waals surface area contributed by atoms with E-state index in [1.54, 1.807) is 0 Å². The van der Waals surface area contributed by atoms with Gasteiger partial charge in [-0.15, -0.1) is 0 Å².